The van der Waals surface area contributed by atoms with Gasteiger partial charge in [0.05, 0.1) is 49.7 Å². The first kappa shape index (κ1) is 59.7. The molecule has 1 aliphatic heterocycles. The van der Waals surface area contributed by atoms with Crippen LogP contribution in [-0.4, -0.2) is 122 Å². The number of carbonyl (C=O) groups is 3. The summed E-state index contributed by atoms with van der Waals surface area (Å²) in [4.78, 5) is 42.6. The Bertz CT molecular complexity index is 2070. The average Bonchev–Trinajstić information content (AvgIpc) is 3.36. The van der Waals surface area contributed by atoms with Crippen LogP contribution in [0.25, 0.3) is 0 Å². The van der Waals surface area contributed by atoms with Gasteiger partial charge in [-0.15, -0.1) is 0 Å². The Kier molecular flexibility index (Phi) is 26.5. The third-order valence-corrected chi connectivity index (χ3v) is 11.6. The molecule has 18 nitrogen and oxygen atoms in total. The van der Waals surface area contributed by atoms with E-state index in [4.69, 9.17) is 52.1 Å². The number of hydrogen-bond acceptors (Lipinski definition) is 18. The highest BCUT2D eigenvalue weighted by Crippen LogP contribution is 2.42. The van der Waals surface area contributed by atoms with Crippen LogP contribution in [0.1, 0.15) is 169 Å². The van der Waals surface area contributed by atoms with Gasteiger partial charge >= 0.3 is 17.9 Å². The van der Waals surface area contributed by atoms with Crippen LogP contribution in [0.3, 0.4) is 0 Å². The predicted octanol–water partition coefficient (Wildman–Crippen LogP) is 10.7. The van der Waals surface area contributed by atoms with Crippen molar-refractivity contribution >= 4 is 17.9 Å². The van der Waals surface area contributed by atoms with Crippen LogP contribution in [0, 0.1) is 0 Å². The van der Waals surface area contributed by atoms with Crippen LogP contribution in [-0.2, 0) is 28.4 Å². The molecule has 0 spiro atoms. The number of aromatic hydroxyl groups is 4. The molecular weight excluding hydrogens is 949 g/mol. The second-order valence-corrected chi connectivity index (χ2v) is 17.8. The third-order valence-electron chi connectivity index (χ3n) is 11.6. The smallest absolute Gasteiger partial charge is 0.340 e. The minimum Gasteiger partial charge on any atom is -0.504 e. The second kappa shape index (κ2) is 32.4. The summed E-state index contributed by atoms with van der Waals surface area (Å²) >= 11 is 0. The quantitative estimate of drug-likeness (QED) is 0.0244. The number of rotatable bonds is 35. The van der Waals surface area contributed by atoms with E-state index < -0.39 is 78.2 Å². The van der Waals surface area contributed by atoms with Gasteiger partial charge in [0.2, 0.25) is 23.5 Å². The van der Waals surface area contributed by atoms with E-state index in [1.807, 2.05) is 41.5 Å². The molecule has 0 bridgehead atoms. The maximum Gasteiger partial charge on any atom is 0.340 e. The van der Waals surface area contributed by atoms with E-state index in [1.165, 1.54) is 12.1 Å². The van der Waals surface area contributed by atoms with E-state index in [2.05, 4.69) is 6.92 Å². The summed E-state index contributed by atoms with van der Waals surface area (Å²) in [6.07, 6.45) is 3.36. The van der Waals surface area contributed by atoms with E-state index in [1.54, 1.807) is 0 Å². The number of hydrogen-bond donors (Lipinski definition) is 4. The Morgan fingerprint density at radius 3 is 1.22 bits per heavy atom. The number of phenols is 4. The zero-order valence-corrected chi connectivity index (χ0v) is 43.9. The molecule has 408 valence electrons. The zero-order chi connectivity index (χ0) is 53.1. The van der Waals surface area contributed by atoms with Crippen molar-refractivity contribution in [1.29, 1.82) is 0 Å². The lowest BCUT2D eigenvalue weighted by Crippen LogP contribution is -2.62. The van der Waals surface area contributed by atoms with Gasteiger partial charge in [-0.1, -0.05) is 93.4 Å². The van der Waals surface area contributed by atoms with Crippen LogP contribution in [0.5, 0.6) is 51.7 Å². The number of carbonyl (C=O) groups excluding carboxylic acids is 3. The van der Waals surface area contributed by atoms with Gasteiger partial charge in [0.1, 0.15) is 24.9 Å². The molecule has 18 heteroatoms. The van der Waals surface area contributed by atoms with Crippen molar-refractivity contribution in [3.8, 4) is 51.7 Å². The van der Waals surface area contributed by atoms with Gasteiger partial charge < -0.3 is 72.5 Å². The lowest BCUT2D eigenvalue weighted by atomic mass is 9.97. The maximum absolute atomic E-state index is 14.6. The zero-order valence-electron chi connectivity index (χ0n) is 43.9. The van der Waals surface area contributed by atoms with Gasteiger partial charge in [-0.2, -0.15) is 0 Å². The molecule has 2 unspecified atom stereocenters. The van der Waals surface area contributed by atoms with Crippen LogP contribution in [0.4, 0.5) is 0 Å². The van der Waals surface area contributed by atoms with Crippen molar-refractivity contribution < 1.29 is 86.9 Å². The summed E-state index contributed by atoms with van der Waals surface area (Å²) in [6, 6.07) is 7.38. The van der Waals surface area contributed by atoms with E-state index in [-0.39, 0.29) is 54.6 Å². The Morgan fingerprint density at radius 1 is 0.425 bits per heavy atom. The predicted molar refractivity (Wildman–Crippen MR) is 271 cm³/mol. The summed E-state index contributed by atoms with van der Waals surface area (Å²) in [5.74, 6) is -4.41. The molecule has 3 aromatic rings. The molecule has 1 saturated heterocycles. The minimum absolute atomic E-state index is 0.0419. The SMILES string of the molecule is CCCCOc1cc(C(=O)O[C@@H]2OC(COC(=O)c3cc(O)c(OCCCC)c(O)c3)[C@@H](OC(=O)c3cc(O)c(OCCCC)c(O)c3)C(OCCCC)[C@@H]2OCCCC)cc(OCCCC)c1OCCCC. The molecular formula is C55H80O18. The molecule has 5 atom stereocenters. The van der Waals surface area contributed by atoms with E-state index in [0.717, 1.165) is 82.1 Å². The summed E-state index contributed by atoms with van der Waals surface area (Å²) in [7, 11) is 0. The molecule has 0 radical (unpaired) electrons. The van der Waals surface area contributed by atoms with E-state index in [0.29, 0.717) is 69.2 Å². The lowest BCUT2D eigenvalue weighted by molar-refractivity contribution is -0.301. The van der Waals surface area contributed by atoms with Crippen LogP contribution >= 0.6 is 0 Å². The fourth-order valence-electron chi connectivity index (χ4n) is 7.34. The molecule has 1 heterocycles. The normalized spacial score (nSPS) is 17.4. The standard InChI is InChI=1S/C55H80O18/c1-8-15-22-63-43-33-38(34-44(64-23-16-9-2)48(43)67-26-19-12-5)54(62)73-55-51(69-28-21-14-7)50(68-27-20-13-6)49(72-53(61)37-31-41(58)47(42(59)32-37)66-25-18-11-4)45(71-55)35-70-52(60)36-29-39(56)46(40(57)30-36)65-24-17-10-3/h29-34,45,49-51,55-59H,8-28,35H2,1-7H3/t45?,49-,50?,51+,55+/m1/s1. The van der Waals surface area contributed by atoms with E-state index >= 15 is 0 Å². The molecule has 1 fully saturated rings. The van der Waals surface area contributed by atoms with Crippen LogP contribution < -0.4 is 23.7 Å². The molecule has 0 amide bonds. The van der Waals surface area contributed by atoms with Gasteiger partial charge in [-0.25, -0.2) is 14.4 Å². The Hall–Kier alpha value is -5.85. The highest BCUT2D eigenvalue weighted by Gasteiger charge is 2.52. The average molecular weight is 1030 g/mol. The van der Waals surface area contributed by atoms with Crippen molar-refractivity contribution in [3.05, 3.63) is 53.1 Å². The fourth-order valence-corrected chi connectivity index (χ4v) is 7.34. The lowest BCUT2D eigenvalue weighted by Gasteiger charge is -2.44. The largest absolute Gasteiger partial charge is 0.504 e. The van der Waals surface area contributed by atoms with Crippen LogP contribution in [0.2, 0.25) is 0 Å². The Labute approximate surface area is 430 Å². The van der Waals surface area contributed by atoms with Crippen molar-refractivity contribution in [2.45, 2.75) is 169 Å². The van der Waals surface area contributed by atoms with Gasteiger partial charge in [0.15, 0.2) is 40.6 Å². The molecule has 3 aromatic carbocycles. The first-order valence-electron chi connectivity index (χ1n) is 26.3. The van der Waals surface area contributed by atoms with E-state index in [9.17, 15) is 34.8 Å². The van der Waals surface area contributed by atoms with Gasteiger partial charge in [0.25, 0.3) is 0 Å². The number of unbranched alkanes of at least 4 members (excludes halogenated alkanes) is 7. The fraction of sp³-hybridized carbons (Fsp3) is 0.618. The monoisotopic (exact) mass is 1030 g/mol. The van der Waals surface area contributed by atoms with Gasteiger partial charge in [-0.3, -0.25) is 0 Å². The molecule has 0 aromatic heterocycles. The number of ether oxygens (including phenoxy) is 11. The second-order valence-electron chi connectivity index (χ2n) is 17.8. The molecule has 0 saturated carbocycles. The summed E-state index contributed by atoms with van der Waals surface area (Å²) in [5.41, 5.74) is -0.466. The van der Waals surface area contributed by atoms with Gasteiger partial charge in [0, 0.05) is 13.2 Å². The first-order valence-corrected chi connectivity index (χ1v) is 26.3. The van der Waals surface area contributed by atoms with Crippen molar-refractivity contribution in [2.24, 2.45) is 0 Å². The maximum atomic E-state index is 14.6. The molecule has 1 aliphatic rings. The minimum atomic E-state index is -1.58. The highest BCUT2D eigenvalue weighted by molar-refractivity contribution is 5.92. The summed E-state index contributed by atoms with van der Waals surface area (Å²) in [6.45, 7) is 15.1. The Morgan fingerprint density at radius 2 is 0.781 bits per heavy atom. The summed E-state index contributed by atoms with van der Waals surface area (Å²) in [5, 5.41) is 43.3. The number of benzene rings is 3. The molecule has 4 N–H and O–H groups in total. The van der Waals surface area contributed by atoms with Crippen molar-refractivity contribution in [2.75, 3.05) is 52.9 Å². The van der Waals surface area contributed by atoms with Crippen molar-refractivity contribution in [3.63, 3.8) is 0 Å². The molecule has 0 aliphatic carbocycles. The first-order chi connectivity index (χ1) is 35.3. The highest BCUT2D eigenvalue weighted by atomic mass is 16.7. The van der Waals surface area contributed by atoms with Gasteiger partial charge in [-0.05, 0) is 81.3 Å². The molecule has 4 rings (SSSR count). The molecule has 73 heavy (non-hydrogen) atoms. The third kappa shape index (κ3) is 18.2. The van der Waals surface area contributed by atoms with Crippen LogP contribution in [0.15, 0.2) is 36.4 Å². The van der Waals surface area contributed by atoms with Crippen molar-refractivity contribution in [1.82, 2.24) is 0 Å². The number of esters is 3. The Balaban J connectivity index is 1.82. The summed E-state index contributed by atoms with van der Waals surface area (Å²) < 4.78 is 67.4. The topological polar surface area (TPSA) is 234 Å². The number of phenolic OH excluding ortho intramolecular Hbond substituents is 4.